The van der Waals surface area contributed by atoms with Crippen LogP contribution in [0.15, 0.2) is 0 Å². The normalized spacial score (nSPS) is 27.7. The fraction of sp³-hybridized carbons (Fsp3) is 0.875. The first-order valence-corrected chi connectivity index (χ1v) is 6.49. The fourth-order valence-electron chi connectivity index (χ4n) is 1.75. The van der Waals surface area contributed by atoms with Crippen molar-refractivity contribution in [3.63, 3.8) is 0 Å². The highest BCUT2D eigenvalue weighted by atomic mass is 32.2. The molecule has 0 aliphatic carbocycles. The second-order valence-electron chi connectivity index (χ2n) is 3.77. The monoisotopic (exact) mass is 237 g/mol. The average molecular weight is 237 g/mol. The molecule has 0 radical (unpaired) electrons. The van der Waals surface area contributed by atoms with Gasteiger partial charge in [0, 0.05) is 12.6 Å². The SMILES string of the molecule is C[C@H]1C[C@H](OS(C)(=O)=O)CCN1C(=O)O. The lowest BCUT2D eigenvalue weighted by molar-refractivity contribution is 0.0640. The molecule has 1 saturated heterocycles. The molecular weight excluding hydrogens is 222 g/mol. The van der Waals surface area contributed by atoms with E-state index in [1.165, 1.54) is 4.90 Å². The van der Waals surface area contributed by atoms with Gasteiger partial charge in [-0.2, -0.15) is 8.42 Å². The molecule has 88 valence electrons. The fourth-order valence-corrected chi connectivity index (χ4v) is 2.42. The van der Waals surface area contributed by atoms with Crippen LogP contribution in [0.5, 0.6) is 0 Å². The second kappa shape index (κ2) is 4.36. The number of carbonyl (C=O) groups is 1. The van der Waals surface area contributed by atoms with Crippen LogP contribution in [0.25, 0.3) is 0 Å². The highest BCUT2D eigenvalue weighted by Crippen LogP contribution is 2.20. The standard InChI is InChI=1S/C8H15NO5S/c1-6-5-7(14-15(2,12)13)3-4-9(6)8(10)11/h6-7H,3-5H2,1-2H3,(H,10,11)/t6-,7+/m0/s1. The lowest BCUT2D eigenvalue weighted by Gasteiger charge is -2.34. The van der Waals surface area contributed by atoms with Crippen molar-refractivity contribution in [1.29, 1.82) is 0 Å². The molecule has 0 bridgehead atoms. The van der Waals surface area contributed by atoms with Gasteiger partial charge in [0.1, 0.15) is 0 Å². The van der Waals surface area contributed by atoms with E-state index >= 15 is 0 Å². The van der Waals surface area contributed by atoms with Crippen LogP contribution in [-0.4, -0.2) is 49.5 Å². The Morgan fingerprint density at radius 3 is 2.53 bits per heavy atom. The van der Waals surface area contributed by atoms with Crippen LogP contribution >= 0.6 is 0 Å². The number of hydrogen-bond donors (Lipinski definition) is 1. The van der Waals surface area contributed by atoms with E-state index in [2.05, 4.69) is 0 Å². The summed E-state index contributed by atoms with van der Waals surface area (Å²) in [5.74, 6) is 0. The van der Waals surface area contributed by atoms with Crippen molar-refractivity contribution in [3.8, 4) is 0 Å². The predicted octanol–water partition coefficient (Wildman–Crippen LogP) is 0.494. The van der Waals surface area contributed by atoms with E-state index in [1.54, 1.807) is 6.92 Å². The van der Waals surface area contributed by atoms with Gasteiger partial charge in [0.15, 0.2) is 0 Å². The van der Waals surface area contributed by atoms with Crippen LogP contribution in [0.1, 0.15) is 19.8 Å². The lowest BCUT2D eigenvalue weighted by Crippen LogP contribution is -2.46. The zero-order valence-electron chi connectivity index (χ0n) is 8.71. The van der Waals surface area contributed by atoms with Gasteiger partial charge in [-0.05, 0) is 19.8 Å². The van der Waals surface area contributed by atoms with Crippen molar-refractivity contribution in [2.75, 3.05) is 12.8 Å². The number of amides is 1. The topological polar surface area (TPSA) is 83.9 Å². The summed E-state index contributed by atoms with van der Waals surface area (Å²) < 4.78 is 26.6. The Labute approximate surface area is 89.0 Å². The third kappa shape index (κ3) is 3.67. The van der Waals surface area contributed by atoms with Crippen LogP contribution in [0.2, 0.25) is 0 Å². The van der Waals surface area contributed by atoms with Crippen LogP contribution in [0.4, 0.5) is 4.79 Å². The van der Waals surface area contributed by atoms with Gasteiger partial charge in [-0.25, -0.2) is 4.79 Å². The van der Waals surface area contributed by atoms with E-state index in [-0.39, 0.29) is 6.04 Å². The number of carboxylic acid groups (broad SMARTS) is 1. The third-order valence-corrected chi connectivity index (χ3v) is 3.01. The summed E-state index contributed by atoms with van der Waals surface area (Å²) in [7, 11) is -3.45. The summed E-state index contributed by atoms with van der Waals surface area (Å²) in [5.41, 5.74) is 0. The summed E-state index contributed by atoms with van der Waals surface area (Å²) >= 11 is 0. The zero-order valence-corrected chi connectivity index (χ0v) is 9.53. The second-order valence-corrected chi connectivity index (χ2v) is 5.37. The summed E-state index contributed by atoms with van der Waals surface area (Å²) in [6.45, 7) is 2.06. The summed E-state index contributed by atoms with van der Waals surface area (Å²) in [6.07, 6.45) is 0.468. The average Bonchev–Trinajstić information content (AvgIpc) is 1.99. The van der Waals surface area contributed by atoms with E-state index in [1.807, 2.05) is 0 Å². The van der Waals surface area contributed by atoms with E-state index in [9.17, 15) is 13.2 Å². The molecule has 0 aromatic heterocycles. The Morgan fingerprint density at radius 1 is 1.53 bits per heavy atom. The molecule has 1 aliphatic rings. The van der Waals surface area contributed by atoms with Gasteiger partial charge >= 0.3 is 6.09 Å². The van der Waals surface area contributed by atoms with Crippen molar-refractivity contribution < 1.29 is 22.5 Å². The highest BCUT2D eigenvalue weighted by molar-refractivity contribution is 7.86. The number of rotatable bonds is 2. The largest absolute Gasteiger partial charge is 0.465 e. The molecular formula is C8H15NO5S. The van der Waals surface area contributed by atoms with E-state index in [0.717, 1.165) is 6.26 Å². The van der Waals surface area contributed by atoms with Gasteiger partial charge in [0.2, 0.25) is 0 Å². The molecule has 0 aromatic carbocycles. The minimum absolute atomic E-state index is 0.206. The van der Waals surface area contributed by atoms with Gasteiger partial charge in [-0.3, -0.25) is 4.18 Å². The smallest absolute Gasteiger partial charge is 0.407 e. The first kappa shape index (κ1) is 12.3. The van der Waals surface area contributed by atoms with Gasteiger partial charge in [-0.15, -0.1) is 0 Å². The van der Waals surface area contributed by atoms with E-state index in [4.69, 9.17) is 9.29 Å². The Balaban J connectivity index is 2.55. The van der Waals surface area contributed by atoms with Crippen LogP contribution < -0.4 is 0 Å². The minimum atomic E-state index is -3.45. The summed E-state index contributed by atoms with van der Waals surface area (Å²) in [4.78, 5) is 12.0. The predicted molar refractivity (Wildman–Crippen MR) is 53.1 cm³/mol. The summed E-state index contributed by atoms with van der Waals surface area (Å²) in [5, 5.41) is 8.79. The molecule has 1 amide bonds. The Morgan fingerprint density at radius 2 is 2.13 bits per heavy atom. The molecule has 2 atom stereocenters. The third-order valence-electron chi connectivity index (χ3n) is 2.38. The van der Waals surface area contributed by atoms with Gasteiger partial charge in [0.25, 0.3) is 10.1 Å². The zero-order chi connectivity index (χ0) is 11.6. The summed E-state index contributed by atoms with van der Waals surface area (Å²) in [6, 6.07) is -0.206. The molecule has 7 heteroatoms. The Bertz CT molecular complexity index is 339. The van der Waals surface area contributed by atoms with E-state index < -0.39 is 22.3 Å². The lowest BCUT2D eigenvalue weighted by atomic mass is 10.0. The molecule has 6 nitrogen and oxygen atoms in total. The molecule has 0 saturated carbocycles. The number of likely N-dealkylation sites (tertiary alicyclic amines) is 1. The molecule has 15 heavy (non-hydrogen) atoms. The van der Waals surface area contributed by atoms with Crippen molar-refractivity contribution in [3.05, 3.63) is 0 Å². The van der Waals surface area contributed by atoms with Gasteiger partial charge < -0.3 is 10.0 Å². The maximum atomic E-state index is 10.9. The van der Waals surface area contributed by atoms with Crippen molar-refractivity contribution in [2.24, 2.45) is 0 Å². The Kier molecular flexibility index (Phi) is 3.56. The quantitative estimate of drug-likeness (QED) is 0.707. The van der Waals surface area contributed by atoms with Gasteiger partial charge in [0.05, 0.1) is 12.4 Å². The van der Waals surface area contributed by atoms with Gasteiger partial charge in [-0.1, -0.05) is 0 Å². The number of nitrogens with zero attached hydrogens (tertiary/aromatic N) is 1. The van der Waals surface area contributed by atoms with Crippen LogP contribution in [-0.2, 0) is 14.3 Å². The first-order chi connectivity index (χ1) is 6.79. The Hall–Kier alpha value is -0.820. The molecule has 1 heterocycles. The molecule has 1 aliphatic heterocycles. The van der Waals surface area contributed by atoms with E-state index in [0.29, 0.717) is 19.4 Å². The van der Waals surface area contributed by atoms with Crippen LogP contribution in [0, 0.1) is 0 Å². The highest BCUT2D eigenvalue weighted by Gasteiger charge is 2.30. The maximum Gasteiger partial charge on any atom is 0.407 e. The molecule has 1 N–H and O–H groups in total. The van der Waals surface area contributed by atoms with Crippen molar-refractivity contribution in [2.45, 2.75) is 31.9 Å². The maximum absolute atomic E-state index is 10.9. The molecule has 0 spiro atoms. The van der Waals surface area contributed by atoms with Crippen LogP contribution in [0.3, 0.4) is 0 Å². The number of piperidine rings is 1. The molecule has 0 unspecified atom stereocenters. The minimum Gasteiger partial charge on any atom is -0.465 e. The molecule has 1 rings (SSSR count). The van der Waals surface area contributed by atoms with Crippen molar-refractivity contribution in [1.82, 2.24) is 4.90 Å². The first-order valence-electron chi connectivity index (χ1n) is 4.67. The van der Waals surface area contributed by atoms with Crippen molar-refractivity contribution >= 4 is 16.2 Å². The number of hydrogen-bond acceptors (Lipinski definition) is 4. The molecule has 0 aromatic rings. The molecule has 1 fully saturated rings.